The van der Waals surface area contributed by atoms with Crippen molar-refractivity contribution in [2.75, 3.05) is 10.2 Å². The van der Waals surface area contributed by atoms with Gasteiger partial charge in [0, 0.05) is 21.4 Å². The molecule has 1 atom stereocenters. The highest BCUT2D eigenvalue weighted by Gasteiger charge is 2.41. The molecule has 0 radical (unpaired) electrons. The topological polar surface area (TPSA) is 73.2 Å². The minimum absolute atomic E-state index is 0.163. The van der Waals surface area contributed by atoms with Crippen molar-refractivity contribution < 1.29 is 14.0 Å². The minimum atomic E-state index is -0.677. The average molecular weight is 512 g/mol. The summed E-state index contributed by atoms with van der Waals surface area (Å²) in [6.45, 7) is 0. The number of thioether (sulfide) groups is 1. The second-order valence-corrected chi connectivity index (χ2v) is 9.34. The van der Waals surface area contributed by atoms with E-state index >= 15 is 0 Å². The van der Waals surface area contributed by atoms with E-state index in [2.05, 4.69) is 5.32 Å². The number of nitriles is 1. The first-order valence-electron chi connectivity index (χ1n) is 10.1. The Morgan fingerprint density at radius 2 is 1.79 bits per heavy atom. The van der Waals surface area contributed by atoms with Gasteiger partial charge >= 0.3 is 0 Å². The van der Waals surface area contributed by atoms with Crippen molar-refractivity contribution in [2.24, 2.45) is 0 Å². The fraction of sp³-hybridized carbons (Fsp3) is 0.0800. The SMILES string of the molecule is N#CC(C(=O)Nc1ccccc1)=C1SC(Cc2cc(Cl)ccc2Cl)C(=O)N1c1ccc(F)cc1. The van der Waals surface area contributed by atoms with E-state index in [-0.39, 0.29) is 22.9 Å². The number of para-hydroxylation sites is 1. The maximum Gasteiger partial charge on any atom is 0.269 e. The number of hydrogen-bond donors (Lipinski definition) is 1. The van der Waals surface area contributed by atoms with Gasteiger partial charge in [-0.3, -0.25) is 14.5 Å². The van der Waals surface area contributed by atoms with Crippen LogP contribution in [0.15, 0.2) is 83.4 Å². The Labute approximate surface area is 209 Å². The fourth-order valence-electron chi connectivity index (χ4n) is 3.43. The summed E-state index contributed by atoms with van der Waals surface area (Å²) >= 11 is 13.5. The standard InChI is InChI=1S/C25H16Cl2FN3O2S/c26-16-6-11-21(27)15(12-16)13-22-24(33)31(19-9-7-17(28)8-10-19)25(34-22)20(14-29)23(32)30-18-4-2-1-3-5-18/h1-12,22H,13H2,(H,30,32). The zero-order valence-electron chi connectivity index (χ0n) is 17.5. The van der Waals surface area contributed by atoms with Crippen LogP contribution in [0.25, 0.3) is 0 Å². The van der Waals surface area contributed by atoms with Crippen molar-refractivity contribution in [1.29, 1.82) is 5.26 Å². The van der Waals surface area contributed by atoms with Gasteiger partial charge in [0.2, 0.25) is 5.91 Å². The quantitative estimate of drug-likeness (QED) is 0.327. The Morgan fingerprint density at radius 3 is 2.47 bits per heavy atom. The van der Waals surface area contributed by atoms with Gasteiger partial charge in [-0.25, -0.2) is 4.39 Å². The highest BCUT2D eigenvalue weighted by atomic mass is 35.5. The molecule has 2 amide bonds. The molecule has 9 heteroatoms. The summed E-state index contributed by atoms with van der Waals surface area (Å²) in [7, 11) is 0. The normalized spacial score (nSPS) is 16.8. The first-order valence-corrected chi connectivity index (χ1v) is 11.7. The van der Waals surface area contributed by atoms with Crippen molar-refractivity contribution in [1.82, 2.24) is 0 Å². The minimum Gasteiger partial charge on any atom is -0.321 e. The summed E-state index contributed by atoms with van der Waals surface area (Å²) < 4.78 is 13.5. The van der Waals surface area contributed by atoms with E-state index in [0.717, 1.165) is 11.8 Å². The van der Waals surface area contributed by atoms with Crippen LogP contribution in [0.5, 0.6) is 0 Å². The van der Waals surface area contributed by atoms with Gasteiger partial charge in [-0.15, -0.1) is 0 Å². The number of carbonyl (C=O) groups excluding carboxylic acids is 2. The fourth-order valence-corrected chi connectivity index (χ4v) is 5.11. The molecule has 1 N–H and O–H groups in total. The molecule has 0 aliphatic carbocycles. The number of benzene rings is 3. The van der Waals surface area contributed by atoms with Crippen LogP contribution in [0.2, 0.25) is 10.0 Å². The lowest BCUT2D eigenvalue weighted by Crippen LogP contribution is -2.31. The van der Waals surface area contributed by atoms with Gasteiger partial charge in [0.15, 0.2) is 0 Å². The van der Waals surface area contributed by atoms with Crippen LogP contribution in [-0.2, 0) is 16.0 Å². The number of rotatable bonds is 5. The van der Waals surface area contributed by atoms with E-state index in [9.17, 15) is 19.2 Å². The van der Waals surface area contributed by atoms with E-state index < -0.39 is 17.0 Å². The molecule has 34 heavy (non-hydrogen) atoms. The van der Waals surface area contributed by atoms with Gasteiger partial charge in [-0.05, 0) is 66.6 Å². The lowest BCUT2D eigenvalue weighted by atomic mass is 10.1. The van der Waals surface area contributed by atoms with Crippen molar-refractivity contribution in [2.45, 2.75) is 11.7 Å². The van der Waals surface area contributed by atoms with Crippen LogP contribution in [0.3, 0.4) is 0 Å². The first kappa shape index (κ1) is 23.8. The second-order valence-electron chi connectivity index (χ2n) is 7.31. The Hall–Kier alpha value is -3.31. The second kappa shape index (κ2) is 10.3. The molecule has 1 fully saturated rings. The number of nitrogens with one attached hydrogen (secondary N) is 1. The first-order chi connectivity index (χ1) is 16.4. The molecule has 0 aromatic heterocycles. The highest BCUT2D eigenvalue weighted by molar-refractivity contribution is 8.05. The Kier molecular flexibility index (Phi) is 7.23. The third kappa shape index (κ3) is 5.10. The molecule has 0 bridgehead atoms. The van der Waals surface area contributed by atoms with E-state index in [1.165, 1.54) is 29.2 Å². The molecule has 0 spiro atoms. The zero-order chi connectivity index (χ0) is 24.2. The van der Waals surface area contributed by atoms with Gasteiger partial charge in [-0.2, -0.15) is 5.26 Å². The van der Waals surface area contributed by atoms with Crippen LogP contribution in [-0.4, -0.2) is 17.1 Å². The molecule has 3 aromatic rings. The number of amides is 2. The lowest BCUT2D eigenvalue weighted by molar-refractivity contribution is -0.117. The van der Waals surface area contributed by atoms with Crippen LogP contribution < -0.4 is 10.2 Å². The molecule has 5 nitrogen and oxygen atoms in total. The summed E-state index contributed by atoms with van der Waals surface area (Å²) in [6, 6.07) is 20.8. The van der Waals surface area contributed by atoms with E-state index in [4.69, 9.17) is 23.2 Å². The van der Waals surface area contributed by atoms with Crippen LogP contribution in [0.4, 0.5) is 15.8 Å². The Bertz CT molecular complexity index is 1320. The summed E-state index contributed by atoms with van der Waals surface area (Å²) in [5, 5.41) is 13.0. The number of carbonyl (C=O) groups is 2. The summed E-state index contributed by atoms with van der Waals surface area (Å²) in [6.07, 6.45) is 0.225. The van der Waals surface area contributed by atoms with Crippen molar-refractivity contribution in [3.8, 4) is 6.07 Å². The molecule has 1 aliphatic rings. The monoisotopic (exact) mass is 511 g/mol. The van der Waals surface area contributed by atoms with Gasteiger partial charge in [0.25, 0.3) is 5.91 Å². The van der Waals surface area contributed by atoms with Crippen molar-refractivity contribution in [3.63, 3.8) is 0 Å². The highest BCUT2D eigenvalue weighted by Crippen LogP contribution is 2.42. The molecule has 0 saturated carbocycles. The molecule has 3 aromatic carbocycles. The molecule has 1 heterocycles. The van der Waals surface area contributed by atoms with Crippen LogP contribution in [0, 0.1) is 17.1 Å². The van der Waals surface area contributed by atoms with Crippen LogP contribution in [0.1, 0.15) is 5.56 Å². The van der Waals surface area contributed by atoms with E-state index in [1.807, 2.05) is 6.07 Å². The molecule has 170 valence electrons. The molecular weight excluding hydrogens is 496 g/mol. The largest absolute Gasteiger partial charge is 0.321 e. The molecule has 1 aliphatic heterocycles. The van der Waals surface area contributed by atoms with Gasteiger partial charge in [0.1, 0.15) is 22.5 Å². The molecule has 4 rings (SSSR count). The van der Waals surface area contributed by atoms with Crippen LogP contribution >= 0.6 is 35.0 Å². The smallest absolute Gasteiger partial charge is 0.269 e. The molecular formula is C25H16Cl2FN3O2S. The Balaban J connectivity index is 1.74. The van der Waals surface area contributed by atoms with Crippen molar-refractivity contribution in [3.05, 3.63) is 105 Å². The van der Waals surface area contributed by atoms with Gasteiger partial charge < -0.3 is 5.32 Å². The van der Waals surface area contributed by atoms with Crippen molar-refractivity contribution >= 4 is 58.2 Å². The third-order valence-corrected chi connectivity index (χ3v) is 6.90. The van der Waals surface area contributed by atoms with Gasteiger partial charge in [-0.1, -0.05) is 53.2 Å². The maximum atomic E-state index is 13.5. The molecule has 1 unspecified atom stereocenters. The third-order valence-electron chi connectivity index (χ3n) is 5.04. The van der Waals surface area contributed by atoms with E-state index in [0.29, 0.717) is 27.0 Å². The van der Waals surface area contributed by atoms with Gasteiger partial charge in [0.05, 0.1) is 5.25 Å². The maximum absolute atomic E-state index is 13.5. The predicted molar refractivity (Wildman–Crippen MR) is 133 cm³/mol. The lowest BCUT2D eigenvalue weighted by Gasteiger charge is -2.18. The number of halogens is 3. The average Bonchev–Trinajstić information content (AvgIpc) is 3.13. The zero-order valence-corrected chi connectivity index (χ0v) is 19.8. The predicted octanol–water partition coefficient (Wildman–Crippen LogP) is 6.20. The summed E-state index contributed by atoms with van der Waals surface area (Å²) in [5.41, 5.74) is 1.28. The number of anilines is 2. The molecule has 1 saturated heterocycles. The number of hydrogen-bond acceptors (Lipinski definition) is 4. The Morgan fingerprint density at radius 1 is 1.09 bits per heavy atom. The van der Waals surface area contributed by atoms with E-state index in [1.54, 1.807) is 48.5 Å². The number of nitrogens with zero attached hydrogens (tertiary/aromatic N) is 2. The summed E-state index contributed by atoms with van der Waals surface area (Å²) in [5.74, 6) is -1.49. The summed E-state index contributed by atoms with van der Waals surface area (Å²) in [4.78, 5) is 27.7.